The Balaban J connectivity index is 1.40. The van der Waals surface area contributed by atoms with E-state index in [2.05, 4.69) is 20.3 Å². The first-order chi connectivity index (χ1) is 12.8. The summed E-state index contributed by atoms with van der Waals surface area (Å²) in [6.07, 6.45) is 9.42. The molecule has 0 amide bonds. The molecule has 0 aliphatic rings. The fourth-order valence-electron chi connectivity index (χ4n) is 2.67. The van der Waals surface area contributed by atoms with Gasteiger partial charge in [0.1, 0.15) is 18.4 Å². The number of aryl methyl sites for hydroxylation is 2. The molecule has 0 saturated heterocycles. The number of rotatable bonds is 7. The van der Waals surface area contributed by atoms with Gasteiger partial charge in [0.25, 0.3) is 0 Å². The summed E-state index contributed by atoms with van der Waals surface area (Å²) in [6, 6.07) is 11.6. The third kappa shape index (κ3) is 3.64. The minimum atomic E-state index is -0.223. The number of benzene rings is 1. The van der Waals surface area contributed by atoms with Crippen molar-refractivity contribution < 1.29 is 4.74 Å². The van der Waals surface area contributed by atoms with Gasteiger partial charge >= 0.3 is 0 Å². The van der Waals surface area contributed by atoms with E-state index in [1.54, 1.807) is 17.2 Å². The van der Waals surface area contributed by atoms with Crippen LogP contribution >= 0.6 is 0 Å². The van der Waals surface area contributed by atoms with Crippen LogP contribution in [0.15, 0.2) is 67.6 Å². The fourth-order valence-corrected chi connectivity index (χ4v) is 2.67. The van der Waals surface area contributed by atoms with E-state index in [4.69, 9.17) is 4.74 Å². The van der Waals surface area contributed by atoms with E-state index >= 15 is 0 Å². The molecule has 0 spiro atoms. The maximum atomic E-state index is 6.02. The molecule has 1 aromatic carbocycles. The zero-order valence-electron chi connectivity index (χ0n) is 14.4. The lowest BCUT2D eigenvalue weighted by Gasteiger charge is -2.15. The van der Waals surface area contributed by atoms with Crippen molar-refractivity contribution >= 4 is 0 Å². The van der Waals surface area contributed by atoms with Crippen LogP contribution in [0.4, 0.5) is 0 Å². The molecule has 3 aromatic heterocycles. The van der Waals surface area contributed by atoms with E-state index in [9.17, 15) is 0 Å². The molecule has 1 atom stereocenters. The Morgan fingerprint density at radius 3 is 2.88 bits per heavy atom. The topological polar surface area (TPSA) is 75.6 Å². The van der Waals surface area contributed by atoms with Gasteiger partial charge in [0.15, 0.2) is 6.23 Å². The van der Waals surface area contributed by atoms with Crippen molar-refractivity contribution in [2.75, 3.05) is 0 Å². The van der Waals surface area contributed by atoms with E-state index < -0.39 is 0 Å². The molecule has 4 rings (SSSR count). The van der Waals surface area contributed by atoms with E-state index in [-0.39, 0.29) is 6.23 Å². The molecule has 0 saturated carbocycles. The van der Waals surface area contributed by atoms with Gasteiger partial charge in [0.2, 0.25) is 0 Å². The van der Waals surface area contributed by atoms with Crippen LogP contribution < -0.4 is 4.74 Å². The molecule has 0 aliphatic carbocycles. The van der Waals surface area contributed by atoms with Crippen LogP contribution in [0.2, 0.25) is 0 Å². The van der Waals surface area contributed by atoms with Crippen LogP contribution in [0.25, 0.3) is 5.69 Å². The monoisotopic (exact) mass is 349 g/mol. The zero-order chi connectivity index (χ0) is 17.8. The summed E-state index contributed by atoms with van der Waals surface area (Å²) in [5.74, 6) is 0.749. The molecule has 0 N–H and O–H groups in total. The van der Waals surface area contributed by atoms with Crippen LogP contribution in [0.5, 0.6) is 5.75 Å². The molecule has 0 radical (unpaired) electrons. The average Bonchev–Trinajstić information content (AvgIpc) is 3.43. The van der Waals surface area contributed by atoms with Gasteiger partial charge in [0.05, 0.1) is 11.4 Å². The van der Waals surface area contributed by atoms with Gasteiger partial charge in [-0.3, -0.25) is 4.68 Å². The molecule has 0 bridgehead atoms. The van der Waals surface area contributed by atoms with Crippen LogP contribution in [0.1, 0.15) is 18.8 Å². The Bertz CT molecular complexity index is 944. The summed E-state index contributed by atoms with van der Waals surface area (Å²) >= 11 is 0. The first-order valence-corrected chi connectivity index (χ1v) is 8.41. The largest absolute Gasteiger partial charge is 0.469 e. The number of ether oxygens (including phenoxy) is 1. The van der Waals surface area contributed by atoms with E-state index in [0.717, 1.165) is 30.1 Å². The minimum Gasteiger partial charge on any atom is -0.469 e. The lowest BCUT2D eigenvalue weighted by Crippen LogP contribution is -2.13. The summed E-state index contributed by atoms with van der Waals surface area (Å²) in [5.41, 5.74) is 1.90. The highest BCUT2D eigenvalue weighted by atomic mass is 16.5. The van der Waals surface area contributed by atoms with Gasteiger partial charge in [0, 0.05) is 37.6 Å². The summed E-state index contributed by atoms with van der Waals surface area (Å²) in [6.45, 7) is 2.77. The van der Waals surface area contributed by atoms with Gasteiger partial charge in [-0.25, -0.2) is 14.3 Å². The Hall–Kier alpha value is -3.42. The molecule has 1 unspecified atom stereocenters. The van der Waals surface area contributed by atoms with Crippen molar-refractivity contribution in [3.8, 4) is 11.4 Å². The van der Waals surface area contributed by atoms with Crippen LogP contribution in [-0.2, 0) is 13.0 Å². The van der Waals surface area contributed by atoms with Crippen LogP contribution in [0, 0.1) is 0 Å². The summed E-state index contributed by atoms with van der Waals surface area (Å²) in [4.78, 5) is 3.97. The van der Waals surface area contributed by atoms with Crippen molar-refractivity contribution in [2.45, 2.75) is 26.1 Å². The molecule has 26 heavy (non-hydrogen) atoms. The zero-order valence-corrected chi connectivity index (χ0v) is 14.4. The number of aromatic nitrogens is 7. The van der Waals surface area contributed by atoms with Crippen molar-refractivity contribution in [2.24, 2.45) is 0 Å². The number of hydrogen-bond acceptors (Lipinski definition) is 5. The van der Waals surface area contributed by atoms with Gasteiger partial charge in [-0.05, 0) is 31.2 Å². The standard InChI is InChI=1S/C18H19N7O/c1-15(24-11-7-16(22-24)6-10-23-9-3-8-20-23)26-18-5-2-4-17(12-18)25-14-19-13-21-25/h2-5,7-9,11-15H,6,10H2,1H3. The predicted molar refractivity (Wildman–Crippen MR) is 94.9 cm³/mol. The Morgan fingerprint density at radius 1 is 1.12 bits per heavy atom. The lowest BCUT2D eigenvalue weighted by atomic mass is 10.3. The highest BCUT2D eigenvalue weighted by molar-refractivity contribution is 5.38. The molecule has 0 aliphatic heterocycles. The lowest BCUT2D eigenvalue weighted by molar-refractivity contribution is 0.137. The third-order valence-corrected chi connectivity index (χ3v) is 4.00. The van der Waals surface area contributed by atoms with Gasteiger partial charge in [-0.2, -0.15) is 15.3 Å². The second-order valence-electron chi connectivity index (χ2n) is 5.86. The van der Waals surface area contributed by atoms with Crippen molar-refractivity contribution in [1.29, 1.82) is 0 Å². The Morgan fingerprint density at radius 2 is 2.08 bits per heavy atom. The maximum absolute atomic E-state index is 6.02. The quantitative estimate of drug-likeness (QED) is 0.512. The Kier molecular flexibility index (Phi) is 4.46. The first kappa shape index (κ1) is 16.1. The predicted octanol–water partition coefficient (Wildman–Crippen LogP) is 2.50. The van der Waals surface area contributed by atoms with E-state index in [1.807, 2.05) is 65.1 Å². The normalized spacial score (nSPS) is 12.2. The molecule has 4 aromatic rings. The Labute approximate surface area is 150 Å². The molecule has 132 valence electrons. The van der Waals surface area contributed by atoms with Crippen molar-refractivity contribution in [3.63, 3.8) is 0 Å². The van der Waals surface area contributed by atoms with Crippen LogP contribution in [-0.4, -0.2) is 34.3 Å². The highest BCUT2D eigenvalue weighted by Crippen LogP contribution is 2.20. The van der Waals surface area contributed by atoms with Gasteiger partial charge in [-0.15, -0.1) is 0 Å². The summed E-state index contributed by atoms with van der Waals surface area (Å²) < 4.78 is 11.4. The van der Waals surface area contributed by atoms with E-state index in [0.29, 0.717) is 0 Å². The molecular formula is C18H19N7O. The number of hydrogen-bond donors (Lipinski definition) is 0. The minimum absolute atomic E-state index is 0.223. The third-order valence-electron chi connectivity index (χ3n) is 4.00. The molecule has 8 nitrogen and oxygen atoms in total. The smallest absolute Gasteiger partial charge is 0.188 e. The first-order valence-electron chi connectivity index (χ1n) is 8.41. The molecule has 3 heterocycles. The number of nitrogens with zero attached hydrogens (tertiary/aromatic N) is 7. The second-order valence-corrected chi connectivity index (χ2v) is 5.86. The van der Waals surface area contributed by atoms with E-state index in [1.165, 1.54) is 6.33 Å². The van der Waals surface area contributed by atoms with Crippen LogP contribution in [0.3, 0.4) is 0 Å². The van der Waals surface area contributed by atoms with Crippen molar-refractivity contribution in [1.82, 2.24) is 34.3 Å². The van der Waals surface area contributed by atoms with Gasteiger partial charge in [-0.1, -0.05) is 6.07 Å². The molecular weight excluding hydrogens is 330 g/mol. The molecule has 0 fully saturated rings. The van der Waals surface area contributed by atoms with Crippen molar-refractivity contribution in [3.05, 3.63) is 73.3 Å². The fraction of sp³-hybridized carbons (Fsp3) is 0.222. The average molecular weight is 349 g/mol. The summed E-state index contributed by atoms with van der Waals surface area (Å²) in [5, 5.41) is 12.9. The maximum Gasteiger partial charge on any atom is 0.188 e. The molecule has 8 heteroatoms. The summed E-state index contributed by atoms with van der Waals surface area (Å²) in [7, 11) is 0. The second kappa shape index (κ2) is 7.22. The highest BCUT2D eigenvalue weighted by Gasteiger charge is 2.09. The van der Waals surface area contributed by atoms with Gasteiger partial charge < -0.3 is 4.74 Å². The SMILES string of the molecule is CC(Oc1cccc(-n2cncn2)c1)n1ccc(CCn2cccn2)n1.